The van der Waals surface area contributed by atoms with Crippen molar-refractivity contribution < 1.29 is 19.8 Å². The first-order chi connectivity index (χ1) is 8.02. The van der Waals surface area contributed by atoms with Crippen molar-refractivity contribution in [2.45, 2.75) is 26.4 Å². The van der Waals surface area contributed by atoms with Crippen molar-refractivity contribution in [2.75, 3.05) is 13.2 Å². The first-order valence-electron chi connectivity index (χ1n) is 5.57. The average Bonchev–Trinajstić information content (AvgIpc) is 2.32. The number of carbonyl (C=O) groups excluding carboxylic acids is 2. The lowest BCUT2D eigenvalue weighted by molar-refractivity contribution is -0.125. The molecule has 2 unspecified atom stereocenters. The van der Waals surface area contributed by atoms with Crippen LogP contribution in [0.5, 0.6) is 0 Å². The lowest BCUT2D eigenvalue weighted by atomic mass is 10.0. The second-order valence-corrected chi connectivity index (χ2v) is 3.64. The van der Waals surface area contributed by atoms with Crippen LogP contribution in [0.15, 0.2) is 12.2 Å². The van der Waals surface area contributed by atoms with Crippen molar-refractivity contribution in [1.82, 2.24) is 10.6 Å². The predicted molar refractivity (Wildman–Crippen MR) is 63.2 cm³/mol. The SMILES string of the molecule is CCCNC(=O)NC(=O)C(C)C(O)/C=C/CO. The first kappa shape index (κ1) is 15.6. The molecule has 4 N–H and O–H groups in total. The van der Waals surface area contributed by atoms with E-state index in [-0.39, 0.29) is 6.61 Å². The Morgan fingerprint density at radius 2 is 2.06 bits per heavy atom. The third-order valence-electron chi connectivity index (χ3n) is 2.14. The predicted octanol–water partition coefficient (Wildman–Crippen LogP) is -0.232. The van der Waals surface area contributed by atoms with E-state index in [1.54, 1.807) is 0 Å². The molecule has 3 amide bonds. The van der Waals surface area contributed by atoms with E-state index in [1.807, 2.05) is 6.92 Å². The summed E-state index contributed by atoms with van der Waals surface area (Å²) >= 11 is 0. The zero-order valence-corrected chi connectivity index (χ0v) is 10.1. The Hall–Kier alpha value is -1.40. The van der Waals surface area contributed by atoms with Gasteiger partial charge in [0.15, 0.2) is 0 Å². The number of hydrogen-bond acceptors (Lipinski definition) is 4. The third-order valence-corrected chi connectivity index (χ3v) is 2.14. The van der Waals surface area contributed by atoms with Gasteiger partial charge in [-0.1, -0.05) is 26.0 Å². The molecule has 0 saturated heterocycles. The normalized spacial score (nSPS) is 14.4. The van der Waals surface area contributed by atoms with Gasteiger partial charge in [-0.05, 0) is 6.42 Å². The highest BCUT2D eigenvalue weighted by Crippen LogP contribution is 2.04. The van der Waals surface area contributed by atoms with Crippen LogP contribution < -0.4 is 10.6 Å². The Morgan fingerprint density at radius 3 is 2.59 bits per heavy atom. The van der Waals surface area contributed by atoms with Gasteiger partial charge in [0.05, 0.1) is 18.6 Å². The number of aliphatic hydroxyl groups is 2. The number of aliphatic hydroxyl groups excluding tert-OH is 2. The van der Waals surface area contributed by atoms with E-state index in [4.69, 9.17) is 5.11 Å². The van der Waals surface area contributed by atoms with Crippen LogP contribution >= 0.6 is 0 Å². The molecule has 0 saturated carbocycles. The average molecular weight is 244 g/mol. The summed E-state index contributed by atoms with van der Waals surface area (Å²) in [6.07, 6.45) is 2.40. The molecule has 2 atom stereocenters. The number of carbonyl (C=O) groups is 2. The molecular formula is C11H20N2O4. The van der Waals surface area contributed by atoms with Gasteiger partial charge in [-0.25, -0.2) is 4.79 Å². The third kappa shape index (κ3) is 6.70. The maximum Gasteiger partial charge on any atom is 0.321 e. The second kappa shape index (κ2) is 8.72. The van der Waals surface area contributed by atoms with Crippen LogP contribution in [0.1, 0.15) is 20.3 Å². The molecule has 0 spiro atoms. The number of rotatable bonds is 6. The fourth-order valence-corrected chi connectivity index (χ4v) is 1.03. The smallest absolute Gasteiger partial charge is 0.321 e. The number of imide groups is 1. The fourth-order valence-electron chi connectivity index (χ4n) is 1.03. The molecule has 0 aliphatic rings. The summed E-state index contributed by atoms with van der Waals surface area (Å²) in [7, 11) is 0. The van der Waals surface area contributed by atoms with Gasteiger partial charge in [0.25, 0.3) is 0 Å². The molecule has 17 heavy (non-hydrogen) atoms. The van der Waals surface area contributed by atoms with Crippen LogP contribution in [0.4, 0.5) is 4.79 Å². The molecule has 0 aliphatic heterocycles. The Bertz CT molecular complexity index is 279. The van der Waals surface area contributed by atoms with Gasteiger partial charge in [0, 0.05) is 6.54 Å². The summed E-state index contributed by atoms with van der Waals surface area (Å²) in [4.78, 5) is 22.7. The van der Waals surface area contributed by atoms with Gasteiger partial charge in [-0.2, -0.15) is 0 Å². The van der Waals surface area contributed by atoms with Gasteiger partial charge < -0.3 is 15.5 Å². The molecule has 0 aliphatic carbocycles. The number of nitrogens with one attached hydrogen (secondary N) is 2. The van der Waals surface area contributed by atoms with Crippen LogP contribution in [-0.2, 0) is 4.79 Å². The number of hydrogen-bond donors (Lipinski definition) is 4. The number of urea groups is 1. The highest BCUT2D eigenvalue weighted by Gasteiger charge is 2.21. The van der Waals surface area contributed by atoms with Gasteiger partial charge >= 0.3 is 6.03 Å². The van der Waals surface area contributed by atoms with Crippen LogP contribution in [-0.4, -0.2) is 41.4 Å². The first-order valence-corrected chi connectivity index (χ1v) is 5.57. The van der Waals surface area contributed by atoms with Gasteiger partial charge in [-0.15, -0.1) is 0 Å². The van der Waals surface area contributed by atoms with Crippen molar-refractivity contribution in [3.8, 4) is 0 Å². The van der Waals surface area contributed by atoms with Crippen molar-refractivity contribution in [2.24, 2.45) is 5.92 Å². The highest BCUT2D eigenvalue weighted by atomic mass is 16.3. The fraction of sp³-hybridized carbons (Fsp3) is 0.636. The standard InChI is InChI=1S/C11H20N2O4/c1-3-6-12-11(17)13-10(16)8(2)9(15)5-4-7-14/h4-5,8-9,14-15H,3,6-7H2,1-2H3,(H2,12,13,16,17)/b5-4+. The zero-order valence-electron chi connectivity index (χ0n) is 10.1. The molecular weight excluding hydrogens is 224 g/mol. The lowest BCUT2D eigenvalue weighted by Crippen LogP contribution is -2.44. The summed E-state index contributed by atoms with van der Waals surface area (Å²) in [5.41, 5.74) is 0. The monoisotopic (exact) mass is 244 g/mol. The van der Waals surface area contributed by atoms with E-state index in [2.05, 4.69) is 10.6 Å². The molecule has 0 radical (unpaired) electrons. The maximum atomic E-state index is 11.5. The van der Waals surface area contributed by atoms with Crippen molar-refractivity contribution in [1.29, 1.82) is 0 Å². The summed E-state index contributed by atoms with van der Waals surface area (Å²) in [5, 5.41) is 22.6. The van der Waals surface area contributed by atoms with Gasteiger partial charge in [0.1, 0.15) is 0 Å². The Balaban J connectivity index is 4.12. The summed E-state index contributed by atoms with van der Waals surface area (Å²) in [6, 6.07) is -0.568. The number of amides is 3. The van der Waals surface area contributed by atoms with E-state index in [0.717, 1.165) is 6.42 Å². The van der Waals surface area contributed by atoms with E-state index in [9.17, 15) is 14.7 Å². The van der Waals surface area contributed by atoms with Crippen LogP contribution in [0.25, 0.3) is 0 Å². The van der Waals surface area contributed by atoms with Crippen molar-refractivity contribution >= 4 is 11.9 Å². The molecule has 0 rings (SSSR count). The molecule has 0 aromatic rings. The molecule has 98 valence electrons. The minimum absolute atomic E-state index is 0.206. The Labute approximate surface area is 101 Å². The highest BCUT2D eigenvalue weighted by molar-refractivity contribution is 5.95. The van der Waals surface area contributed by atoms with Crippen molar-refractivity contribution in [3.05, 3.63) is 12.2 Å². The molecule has 0 fully saturated rings. The van der Waals surface area contributed by atoms with Crippen molar-refractivity contribution in [3.63, 3.8) is 0 Å². The quantitative estimate of drug-likeness (QED) is 0.485. The molecule has 0 heterocycles. The van der Waals surface area contributed by atoms with Gasteiger partial charge in [-0.3, -0.25) is 10.1 Å². The van der Waals surface area contributed by atoms with E-state index in [1.165, 1.54) is 19.1 Å². The minimum atomic E-state index is -1.03. The summed E-state index contributed by atoms with van der Waals surface area (Å²) in [5.74, 6) is -1.32. The maximum absolute atomic E-state index is 11.5. The van der Waals surface area contributed by atoms with Crippen LogP contribution in [0, 0.1) is 5.92 Å². The molecule has 0 aromatic carbocycles. The topological polar surface area (TPSA) is 98.7 Å². The summed E-state index contributed by atoms with van der Waals surface area (Å²) in [6.45, 7) is 3.67. The Morgan fingerprint density at radius 1 is 1.41 bits per heavy atom. The Kier molecular flexibility index (Phi) is 8.00. The second-order valence-electron chi connectivity index (χ2n) is 3.64. The molecule has 6 heteroatoms. The summed E-state index contributed by atoms with van der Waals surface area (Å²) < 4.78 is 0. The zero-order chi connectivity index (χ0) is 13.3. The van der Waals surface area contributed by atoms with Crippen LogP contribution in [0.3, 0.4) is 0 Å². The van der Waals surface area contributed by atoms with Crippen LogP contribution in [0.2, 0.25) is 0 Å². The molecule has 6 nitrogen and oxygen atoms in total. The van der Waals surface area contributed by atoms with E-state index < -0.39 is 24.0 Å². The van der Waals surface area contributed by atoms with E-state index in [0.29, 0.717) is 6.54 Å². The van der Waals surface area contributed by atoms with Gasteiger partial charge in [0.2, 0.25) is 5.91 Å². The molecule has 0 aromatic heterocycles. The van der Waals surface area contributed by atoms with E-state index >= 15 is 0 Å². The minimum Gasteiger partial charge on any atom is -0.392 e. The molecule has 0 bridgehead atoms. The largest absolute Gasteiger partial charge is 0.392 e. The lowest BCUT2D eigenvalue weighted by Gasteiger charge is -2.15.